The lowest BCUT2D eigenvalue weighted by molar-refractivity contribution is 0.0926. The molecule has 29 heavy (non-hydrogen) atoms. The zero-order valence-electron chi connectivity index (χ0n) is 16.3. The largest absolute Gasteiger partial charge is 0.368 e. The van der Waals surface area contributed by atoms with Gasteiger partial charge in [-0.1, -0.05) is 23.7 Å². The Hall–Kier alpha value is -2.09. The summed E-state index contributed by atoms with van der Waals surface area (Å²) >= 11 is 6.29. The van der Waals surface area contributed by atoms with E-state index in [2.05, 4.69) is 9.80 Å². The molecule has 2 aromatic carbocycles. The van der Waals surface area contributed by atoms with E-state index in [1.807, 2.05) is 30.3 Å². The summed E-state index contributed by atoms with van der Waals surface area (Å²) in [5.41, 5.74) is 3.30. The maximum atomic E-state index is 12.8. The number of piperazine rings is 1. The van der Waals surface area contributed by atoms with Crippen molar-refractivity contribution >= 4 is 38.8 Å². The molecule has 2 aliphatic rings. The van der Waals surface area contributed by atoms with E-state index in [4.69, 9.17) is 11.6 Å². The molecule has 2 aromatic rings. The van der Waals surface area contributed by atoms with Crippen LogP contribution in [0, 0.1) is 0 Å². The number of fused-ring (bicyclic) bond motifs is 1. The first-order chi connectivity index (χ1) is 13.8. The Morgan fingerprint density at radius 2 is 1.72 bits per heavy atom. The minimum absolute atomic E-state index is 0.0665. The molecule has 2 aliphatic heterocycles. The monoisotopic (exact) mass is 433 g/mol. The average Bonchev–Trinajstić information content (AvgIpc) is 3.13. The van der Waals surface area contributed by atoms with Crippen LogP contribution in [0.25, 0.3) is 0 Å². The SMILES string of the molecule is CS(=O)(=O)N1CCc2cc(C(=O)CN3CCN(c4ccccc4Cl)CC3)ccc21. The van der Waals surface area contributed by atoms with Crippen LogP contribution in [0.1, 0.15) is 15.9 Å². The minimum atomic E-state index is -3.28. The molecule has 154 valence electrons. The molecule has 0 radical (unpaired) electrons. The van der Waals surface area contributed by atoms with Gasteiger partial charge in [0.15, 0.2) is 5.78 Å². The van der Waals surface area contributed by atoms with Crippen molar-refractivity contribution < 1.29 is 13.2 Å². The number of carbonyl (C=O) groups is 1. The predicted molar refractivity (Wildman–Crippen MR) is 117 cm³/mol. The van der Waals surface area contributed by atoms with Gasteiger partial charge in [0.2, 0.25) is 10.0 Å². The summed E-state index contributed by atoms with van der Waals surface area (Å²) in [7, 11) is -3.28. The Morgan fingerprint density at radius 3 is 2.41 bits per heavy atom. The summed E-state index contributed by atoms with van der Waals surface area (Å²) in [6, 6.07) is 13.2. The Balaban J connectivity index is 1.38. The number of nitrogens with zero attached hydrogens (tertiary/aromatic N) is 3. The maximum Gasteiger partial charge on any atom is 0.232 e. The van der Waals surface area contributed by atoms with Crippen molar-refractivity contribution in [3.63, 3.8) is 0 Å². The van der Waals surface area contributed by atoms with Crippen molar-refractivity contribution in [1.29, 1.82) is 0 Å². The van der Waals surface area contributed by atoms with Crippen molar-refractivity contribution in [1.82, 2.24) is 4.90 Å². The van der Waals surface area contributed by atoms with Gasteiger partial charge in [-0.3, -0.25) is 14.0 Å². The number of Topliss-reactive ketones (excluding diaryl/α,β-unsaturated/α-hetero) is 1. The van der Waals surface area contributed by atoms with Gasteiger partial charge < -0.3 is 4.90 Å². The number of para-hydroxylation sites is 1. The van der Waals surface area contributed by atoms with Gasteiger partial charge in [-0.2, -0.15) is 0 Å². The summed E-state index contributed by atoms with van der Waals surface area (Å²) in [5.74, 6) is 0.0665. The van der Waals surface area contributed by atoms with E-state index in [1.165, 1.54) is 10.6 Å². The lowest BCUT2D eigenvalue weighted by Crippen LogP contribution is -2.48. The summed E-state index contributed by atoms with van der Waals surface area (Å²) in [5, 5.41) is 0.748. The summed E-state index contributed by atoms with van der Waals surface area (Å²) in [6.07, 6.45) is 1.85. The Bertz CT molecular complexity index is 1030. The van der Waals surface area contributed by atoms with Crippen molar-refractivity contribution in [2.75, 3.05) is 54.7 Å². The molecule has 4 rings (SSSR count). The Morgan fingerprint density at radius 1 is 1.00 bits per heavy atom. The first-order valence-electron chi connectivity index (χ1n) is 9.68. The Kier molecular flexibility index (Phi) is 5.55. The molecule has 0 unspecified atom stereocenters. The zero-order chi connectivity index (χ0) is 20.6. The van der Waals surface area contributed by atoms with E-state index in [1.54, 1.807) is 12.1 Å². The first-order valence-corrected chi connectivity index (χ1v) is 11.9. The average molecular weight is 434 g/mol. The second-order valence-corrected chi connectivity index (χ2v) is 9.88. The van der Waals surface area contributed by atoms with E-state index in [-0.39, 0.29) is 5.78 Å². The predicted octanol–water partition coefficient (Wildman–Crippen LogP) is 2.67. The molecular weight excluding hydrogens is 410 g/mol. The van der Waals surface area contributed by atoms with E-state index in [0.717, 1.165) is 42.5 Å². The molecule has 0 spiro atoms. The van der Waals surface area contributed by atoms with Gasteiger partial charge in [0.25, 0.3) is 0 Å². The fourth-order valence-corrected chi connectivity index (χ4v) is 5.25. The van der Waals surface area contributed by atoms with Crippen LogP contribution in [0.3, 0.4) is 0 Å². The van der Waals surface area contributed by atoms with E-state index >= 15 is 0 Å². The molecule has 2 heterocycles. The maximum absolute atomic E-state index is 12.8. The summed E-state index contributed by atoms with van der Waals surface area (Å²) in [6.45, 7) is 4.04. The van der Waals surface area contributed by atoms with Gasteiger partial charge in [-0.25, -0.2) is 8.42 Å². The van der Waals surface area contributed by atoms with E-state index in [9.17, 15) is 13.2 Å². The quantitative estimate of drug-likeness (QED) is 0.678. The van der Waals surface area contributed by atoms with Crippen LogP contribution in [-0.2, 0) is 16.4 Å². The van der Waals surface area contributed by atoms with Crippen LogP contribution in [0.2, 0.25) is 5.02 Å². The molecule has 0 amide bonds. The number of sulfonamides is 1. The second-order valence-electron chi connectivity index (χ2n) is 7.57. The lowest BCUT2D eigenvalue weighted by atomic mass is 10.0. The number of rotatable bonds is 5. The molecule has 0 aromatic heterocycles. The molecule has 0 saturated carbocycles. The van der Waals surface area contributed by atoms with Crippen LogP contribution in [0.5, 0.6) is 0 Å². The third-order valence-electron chi connectivity index (χ3n) is 5.59. The number of anilines is 2. The molecule has 1 fully saturated rings. The smallest absolute Gasteiger partial charge is 0.232 e. The minimum Gasteiger partial charge on any atom is -0.368 e. The number of ketones is 1. The fraction of sp³-hybridized carbons (Fsp3) is 0.381. The molecule has 0 atom stereocenters. The fourth-order valence-electron chi connectivity index (χ4n) is 4.04. The topological polar surface area (TPSA) is 60.9 Å². The Labute approximate surface area is 176 Å². The van der Waals surface area contributed by atoms with Crippen molar-refractivity contribution in [2.45, 2.75) is 6.42 Å². The first kappa shape index (κ1) is 20.2. The van der Waals surface area contributed by atoms with Crippen molar-refractivity contribution in [3.8, 4) is 0 Å². The lowest BCUT2D eigenvalue weighted by Gasteiger charge is -2.36. The van der Waals surface area contributed by atoms with Gasteiger partial charge in [0, 0.05) is 38.3 Å². The highest BCUT2D eigenvalue weighted by molar-refractivity contribution is 7.92. The third kappa shape index (κ3) is 4.27. The number of halogens is 1. The highest BCUT2D eigenvalue weighted by Gasteiger charge is 2.27. The van der Waals surface area contributed by atoms with E-state index < -0.39 is 10.0 Å². The number of benzene rings is 2. The van der Waals surface area contributed by atoms with Crippen molar-refractivity contribution in [2.24, 2.45) is 0 Å². The molecule has 8 heteroatoms. The van der Waals surface area contributed by atoms with Gasteiger partial charge in [-0.05, 0) is 42.3 Å². The van der Waals surface area contributed by atoms with Crippen LogP contribution in [0.4, 0.5) is 11.4 Å². The summed E-state index contributed by atoms with van der Waals surface area (Å²) < 4.78 is 25.1. The third-order valence-corrected chi connectivity index (χ3v) is 7.09. The van der Waals surface area contributed by atoms with Crippen LogP contribution in [-0.4, -0.2) is 64.6 Å². The van der Waals surface area contributed by atoms with Crippen LogP contribution < -0.4 is 9.21 Å². The van der Waals surface area contributed by atoms with Gasteiger partial charge in [0.05, 0.1) is 29.2 Å². The molecule has 0 bridgehead atoms. The molecule has 6 nitrogen and oxygen atoms in total. The molecule has 0 N–H and O–H groups in total. The van der Waals surface area contributed by atoms with Gasteiger partial charge in [-0.15, -0.1) is 0 Å². The number of hydrogen-bond donors (Lipinski definition) is 0. The van der Waals surface area contributed by atoms with Gasteiger partial charge in [0.1, 0.15) is 0 Å². The highest BCUT2D eigenvalue weighted by atomic mass is 35.5. The number of hydrogen-bond acceptors (Lipinski definition) is 5. The van der Waals surface area contributed by atoms with E-state index in [0.29, 0.717) is 30.8 Å². The van der Waals surface area contributed by atoms with Crippen LogP contribution in [0.15, 0.2) is 42.5 Å². The molecular formula is C21H24ClN3O3S. The van der Waals surface area contributed by atoms with Crippen LogP contribution >= 0.6 is 11.6 Å². The second kappa shape index (κ2) is 7.97. The number of carbonyl (C=O) groups excluding carboxylic acids is 1. The normalized spacial score (nSPS) is 17.4. The molecule has 1 saturated heterocycles. The van der Waals surface area contributed by atoms with Gasteiger partial charge >= 0.3 is 0 Å². The van der Waals surface area contributed by atoms with Crippen molar-refractivity contribution in [3.05, 3.63) is 58.6 Å². The summed E-state index contributed by atoms with van der Waals surface area (Å²) in [4.78, 5) is 17.2. The standard InChI is InChI=1S/C21H24ClN3O3S/c1-29(27,28)25-9-8-16-14-17(6-7-19(16)25)21(26)15-23-10-12-24(13-11-23)20-5-3-2-4-18(20)22/h2-7,14H,8-13,15H2,1H3. The zero-order valence-corrected chi connectivity index (χ0v) is 17.9. The molecule has 0 aliphatic carbocycles. The highest BCUT2D eigenvalue weighted by Crippen LogP contribution is 2.31.